The quantitative estimate of drug-likeness (QED) is 0.230. The molecule has 0 saturated carbocycles. The summed E-state index contributed by atoms with van der Waals surface area (Å²) < 4.78 is 33.2. The molecule has 0 atom stereocenters. The molecular weight excluding hydrogens is 578 g/mol. The van der Waals surface area contributed by atoms with Gasteiger partial charge in [0.25, 0.3) is 5.91 Å². The molecule has 0 saturated heterocycles. The fourth-order valence-corrected chi connectivity index (χ4v) is 3.48. The highest BCUT2D eigenvalue weighted by Crippen LogP contribution is 2.30. The summed E-state index contributed by atoms with van der Waals surface area (Å²) in [5.41, 5.74) is 2.12. The Morgan fingerprint density at radius 3 is 2.38 bits per heavy atom. The largest absolute Gasteiger partial charge is 0.490 e. The first kappa shape index (κ1) is 29.9. The van der Waals surface area contributed by atoms with E-state index in [1.165, 1.54) is 17.8 Å². The number of halogens is 5. The molecule has 4 rings (SSSR count). The van der Waals surface area contributed by atoms with Crippen molar-refractivity contribution in [3.05, 3.63) is 64.0 Å². The van der Waals surface area contributed by atoms with E-state index < -0.39 is 18.1 Å². The molecule has 12 nitrogen and oxygen atoms in total. The number of carbonyl (C=O) groups excluding carboxylic acids is 1. The maximum atomic E-state index is 12.0. The average Bonchev–Trinajstić information content (AvgIpc) is 3.35. The average molecular weight is 596 g/mol. The topological polar surface area (TPSA) is 170 Å². The van der Waals surface area contributed by atoms with Crippen LogP contribution in [-0.4, -0.2) is 67.9 Å². The number of anilines is 2. The molecule has 3 heterocycles. The summed E-state index contributed by atoms with van der Waals surface area (Å²) in [5, 5.41) is 30.1. The van der Waals surface area contributed by atoms with E-state index in [1.54, 1.807) is 36.4 Å². The fraction of sp³-hybridized carbons (Fsp3) is 0.174. The number of pyridine rings is 1. The number of alkyl halides is 3. The predicted molar refractivity (Wildman–Crippen MR) is 139 cm³/mol. The van der Waals surface area contributed by atoms with Crippen LogP contribution in [0.5, 0.6) is 0 Å². The Labute approximate surface area is 233 Å². The second-order valence-electron chi connectivity index (χ2n) is 7.57. The number of nitriles is 1. The van der Waals surface area contributed by atoms with Crippen molar-refractivity contribution in [2.24, 2.45) is 0 Å². The van der Waals surface area contributed by atoms with Crippen molar-refractivity contribution in [1.82, 2.24) is 29.9 Å². The van der Waals surface area contributed by atoms with Crippen LogP contribution in [0.2, 0.25) is 10.0 Å². The van der Waals surface area contributed by atoms with Gasteiger partial charge in [0.2, 0.25) is 11.8 Å². The van der Waals surface area contributed by atoms with Gasteiger partial charge in [-0.15, -0.1) is 5.10 Å². The zero-order chi connectivity index (χ0) is 29.4. The van der Waals surface area contributed by atoms with E-state index in [0.717, 1.165) is 0 Å². The predicted octanol–water partition coefficient (Wildman–Crippen LogP) is 3.88. The number of aromatic nitrogens is 5. The van der Waals surface area contributed by atoms with Crippen molar-refractivity contribution in [3.63, 3.8) is 0 Å². The number of amides is 1. The fourth-order valence-electron chi connectivity index (χ4n) is 2.98. The summed E-state index contributed by atoms with van der Waals surface area (Å²) in [4.78, 5) is 34.1. The van der Waals surface area contributed by atoms with Gasteiger partial charge < -0.3 is 21.1 Å². The molecule has 0 spiro atoms. The third-order valence-electron chi connectivity index (χ3n) is 4.81. The van der Waals surface area contributed by atoms with Crippen LogP contribution >= 0.6 is 23.2 Å². The third-order valence-corrected chi connectivity index (χ3v) is 5.36. The second kappa shape index (κ2) is 12.9. The number of aliphatic carboxylic acids is 1. The number of carbonyl (C=O) groups is 2. The normalized spacial score (nSPS) is 10.7. The Morgan fingerprint density at radius 1 is 1.10 bits per heavy atom. The number of nitrogens with zero attached hydrogens (tertiary/aromatic N) is 6. The molecule has 1 amide bonds. The van der Waals surface area contributed by atoms with Crippen LogP contribution in [0.1, 0.15) is 16.2 Å². The van der Waals surface area contributed by atoms with Gasteiger partial charge in [0.1, 0.15) is 11.9 Å². The minimum absolute atomic E-state index is 0.0154. The molecule has 40 heavy (non-hydrogen) atoms. The lowest BCUT2D eigenvalue weighted by Crippen LogP contribution is -2.21. The Bertz CT molecular complexity index is 1570. The molecule has 4 aromatic rings. The molecular formula is C23H18Cl2F3N9O3. The van der Waals surface area contributed by atoms with Crippen molar-refractivity contribution < 1.29 is 27.9 Å². The van der Waals surface area contributed by atoms with E-state index in [4.69, 9.17) is 38.4 Å². The van der Waals surface area contributed by atoms with Gasteiger partial charge in [0.15, 0.2) is 5.65 Å². The van der Waals surface area contributed by atoms with Crippen LogP contribution in [0.3, 0.4) is 0 Å². The van der Waals surface area contributed by atoms with Crippen molar-refractivity contribution in [2.45, 2.75) is 6.18 Å². The van der Waals surface area contributed by atoms with Crippen LogP contribution < -0.4 is 16.0 Å². The van der Waals surface area contributed by atoms with Gasteiger partial charge in [-0.25, -0.2) is 19.7 Å². The smallest absolute Gasteiger partial charge is 0.475 e. The second-order valence-corrected chi connectivity index (χ2v) is 8.42. The third kappa shape index (κ3) is 7.68. The molecule has 0 fully saturated rings. The van der Waals surface area contributed by atoms with E-state index in [-0.39, 0.29) is 5.82 Å². The summed E-state index contributed by atoms with van der Waals surface area (Å²) in [7, 11) is 1.51. The summed E-state index contributed by atoms with van der Waals surface area (Å²) >= 11 is 12.4. The monoisotopic (exact) mass is 595 g/mol. The van der Waals surface area contributed by atoms with Gasteiger partial charge in [-0.3, -0.25) is 4.79 Å². The van der Waals surface area contributed by atoms with Crippen molar-refractivity contribution in [2.75, 3.05) is 30.8 Å². The lowest BCUT2D eigenvalue weighted by atomic mass is 10.1. The molecule has 0 unspecified atom stereocenters. The molecule has 0 aliphatic carbocycles. The zero-order valence-corrected chi connectivity index (χ0v) is 21.8. The Morgan fingerprint density at radius 2 is 1.80 bits per heavy atom. The summed E-state index contributed by atoms with van der Waals surface area (Å²) in [6, 6.07) is 12.2. The lowest BCUT2D eigenvalue weighted by molar-refractivity contribution is -0.192. The number of rotatable bonds is 7. The molecule has 0 aliphatic rings. The SMILES string of the molecule is CNC(=O)c1nc2cc(-c3ccc(Cl)cc3Cl)nc(NCCNc3ccc(C#N)cn3)n2n1.O=C(O)C(F)(F)F. The first-order chi connectivity index (χ1) is 18.9. The molecule has 0 bridgehead atoms. The van der Waals surface area contributed by atoms with E-state index >= 15 is 0 Å². The minimum atomic E-state index is -5.08. The molecule has 0 aliphatic heterocycles. The first-order valence-electron chi connectivity index (χ1n) is 11.0. The Kier molecular flexibility index (Phi) is 9.64. The van der Waals surface area contributed by atoms with Crippen LogP contribution in [0.15, 0.2) is 42.6 Å². The minimum Gasteiger partial charge on any atom is -0.475 e. The lowest BCUT2D eigenvalue weighted by Gasteiger charge is -2.11. The number of benzene rings is 1. The van der Waals surface area contributed by atoms with Crippen LogP contribution in [0.4, 0.5) is 24.9 Å². The van der Waals surface area contributed by atoms with Crippen LogP contribution in [0, 0.1) is 11.3 Å². The highest BCUT2D eigenvalue weighted by atomic mass is 35.5. The molecule has 208 valence electrons. The molecule has 1 aromatic carbocycles. The van der Waals surface area contributed by atoms with E-state index in [0.29, 0.717) is 57.4 Å². The number of hydrogen-bond acceptors (Lipinski definition) is 9. The molecule has 0 radical (unpaired) electrons. The number of hydrogen-bond donors (Lipinski definition) is 4. The maximum Gasteiger partial charge on any atom is 0.490 e. The zero-order valence-electron chi connectivity index (χ0n) is 20.3. The highest BCUT2D eigenvalue weighted by Gasteiger charge is 2.38. The van der Waals surface area contributed by atoms with Crippen molar-refractivity contribution in [1.29, 1.82) is 5.26 Å². The van der Waals surface area contributed by atoms with E-state index in [2.05, 4.69) is 36.0 Å². The Balaban J connectivity index is 0.000000559. The van der Waals surface area contributed by atoms with Crippen LogP contribution in [0.25, 0.3) is 16.9 Å². The Hall–Kier alpha value is -4.68. The number of carboxylic acid groups (broad SMARTS) is 1. The van der Waals surface area contributed by atoms with E-state index in [1.807, 2.05) is 6.07 Å². The van der Waals surface area contributed by atoms with Crippen molar-refractivity contribution >= 4 is 52.5 Å². The molecule has 4 N–H and O–H groups in total. The van der Waals surface area contributed by atoms with Gasteiger partial charge in [0.05, 0.1) is 16.3 Å². The number of carboxylic acids is 1. The first-order valence-corrected chi connectivity index (χ1v) is 11.8. The summed E-state index contributed by atoms with van der Waals surface area (Å²) in [5.74, 6) is -2.14. The van der Waals surface area contributed by atoms with Crippen LogP contribution in [-0.2, 0) is 4.79 Å². The number of nitrogens with one attached hydrogen (secondary N) is 3. The van der Waals surface area contributed by atoms with Gasteiger partial charge in [0, 0.05) is 43.0 Å². The molecule has 17 heteroatoms. The van der Waals surface area contributed by atoms with Gasteiger partial charge in [-0.1, -0.05) is 23.2 Å². The highest BCUT2D eigenvalue weighted by molar-refractivity contribution is 6.36. The summed E-state index contributed by atoms with van der Waals surface area (Å²) in [6.07, 6.45) is -3.59. The van der Waals surface area contributed by atoms with E-state index in [9.17, 15) is 18.0 Å². The summed E-state index contributed by atoms with van der Waals surface area (Å²) in [6.45, 7) is 0.960. The van der Waals surface area contributed by atoms with Gasteiger partial charge >= 0.3 is 12.1 Å². The van der Waals surface area contributed by atoms with Crippen molar-refractivity contribution in [3.8, 4) is 17.3 Å². The van der Waals surface area contributed by atoms with Gasteiger partial charge in [-0.2, -0.15) is 22.9 Å². The molecule has 3 aromatic heterocycles. The van der Waals surface area contributed by atoms with Gasteiger partial charge in [-0.05, 0) is 30.3 Å². The maximum absolute atomic E-state index is 12.0. The number of fused-ring (bicyclic) bond motifs is 1. The standard InChI is InChI=1S/C21H17Cl2N9O.C2HF3O2/c1-25-20(33)19-30-18-9-16(14-4-3-13(22)8-15(14)23)29-21(32(18)31-19)27-7-6-26-17-5-2-12(10-24)11-28-17;3-2(4,5)1(6)7/h2-5,8-9,11H,6-7H2,1H3,(H,25,33)(H,26,28)(H,27,29);(H,6,7).